The summed E-state index contributed by atoms with van der Waals surface area (Å²) in [5, 5.41) is 6.95. The smallest absolute Gasteiger partial charge is 0.384 e. The van der Waals surface area contributed by atoms with E-state index < -0.39 is 11.7 Å². The molecule has 1 aromatic carbocycles. The molecule has 0 saturated carbocycles. The highest BCUT2D eigenvalue weighted by Crippen LogP contribution is 2.29. The summed E-state index contributed by atoms with van der Waals surface area (Å²) in [4.78, 5) is 11.8. The number of nitrogens with one attached hydrogen (secondary N) is 1. The lowest BCUT2D eigenvalue weighted by Gasteiger charge is -2.09. The fourth-order valence-electron chi connectivity index (χ4n) is 1.83. The molecule has 0 unspecified atom stereocenters. The van der Waals surface area contributed by atoms with E-state index in [1.54, 1.807) is 0 Å². The SMILES string of the molecule is CCNc1cnn(Cc2ccc(C(F)(F)F)cc2)c(=O)c1. The van der Waals surface area contributed by atoms with Gasteiger partial charge in [-0.05, 0) is 24.6 Å². The van der Waals surface area contributed by atoms with E-state index in [9.17, 15) is 18.0 Å². The molecule has 0 fully saturated rings. The molecule has 1 aromatic heterocycles. The van der Waals surface area contributed by atoms with E-state index in [1.165, 1.54) is 29.1 Å². The minimum Gasteiger partial charge on any atom is -0.384 e. The van der Waals surface area contributed by atoms with Gasteiger partial charge in [0.05, 0.1) is 24.0 Å². The van der Waals surface area contributed by atoms with E-state index in [0.717, 1.165) is 12.1 Å². The first-order chi connectivity index (χ1) is 9.90. The second-order valence-corrected chi connectivity index (χ2v) is 4.47. The molecule has 0 aliphatic heterocycles. The molecule has 2 aromatic rings. The second-order valence-electron chi connectivity index (χ2n) is 4.47. The van der Waals surface area contributed by atoms with Crippen LogP contribution in [0, 0.1) is 0 Å². The first-order valence-electron chi connectivity index (χ1n) is 6.37. The van der Waals surface area contributed by atoms with Crippen LogP contribution < -0.4 is 10.9 Å². The molecule has 0 bridgehead atoms. The number of hydrogen-bond donors (Lipinski definition) is 1. The van der Waals surface area contributed by atoms with Gasteiger partial charge in [-0.1, -0.05) is 12.1 Å². The molecule has 4 nitrogen and oxygen atoms in total. The number of anilines is 1. The van der Waals surface area contributed by atoms with Crippen LogP contribution in [0.2, 0.25) is 0 Å². The predicted molar refractivity (Wildman–Crippen MR) is 73.2 cm³/mol. The molecule has 1 heterocycles. The maximum atomic E-state index is 12.5. The highest BCUT2D eigenvalue weighted by Gasteiger charge is 2.29. The third-order valence-electron chi connectivity index (χ3n) is 2.86. The van der Waals surface area contributed by atoms with Crippen LogP contribution >= 0.6 is 0 Å². The van der Waals surface area contributed by atoms with Crippen molar-refractivity contribution in [1.29, 1.82) is 0 Å². The van der Waals surface area contributed by atoms with Gasteiger partial charge in [0, 0.05) is 12.6 Å². The van der Waals surface area contributed by atoms with Crippen LogP contribution in [0.4, 0.5) is 18.9 Å². The van der Waals surface area contributed by atoms with Gasteiger partial charge in [0.15, 0.2) is 0 Å². The molecule has 112 valence electrons. The molecule has 0 saturated heterocycles. The fraction of sp³-hybridized carbons (Fsp3) is 0.286. The first-order valence-corrected chi connectivity index (χ1v) is 6.37. The summed E-state index contributed by atoms with van der Waals surface area (Å²) in [6.45, 7) is 2.70. The van der Waals surface area contributed by atoms with Crippen molar-refractivity contribution in [2.75, 3.05) is 11.9 Å². The Balaban J connectivity index is 2.17. The van der Waals surface area contributed by atoms with Gasteiger partial charge in [-0.15, -0.1) is 0 Å². The Labute approximate surface area is 119 Å². The number of halogens is 3. The van der Waals surface area contributed by atoms with Crippen LogP contribution in [-0.2, 0) is 12.7 Å². The summed E-state index contributed by atoms with van der Waals surface area (Å²) in [5.74, 6) is 0. The van der Waals surface area contributed by atoms with Gasteiger partial charge in [0.2, 0.25) is 0 Å². The lowest BCUT2D eigenvalue weighted by molar-refractivity contribution is -0.137. The molecule has 0 amide bonds. The van der Waals surface area contributed by atoms with Crippen molar-refractivity contribution in [2.45, 2.75) is 19.6 Å². The van der Waals surface area contributed by atoms with Crippen molar-refractivity contribution in [3.8, 4) is 0 Å². The van der Waals surface area contributed by atoms with Crippen molar-refractivity contribution in [1.82, 2.24) is 9.78 Å². The third kappa shape index (κ3) is 3.84. The molecule has 0 aliphatic carbocycles. The summed E-state index contributed by atoms with van der Waals surface area (Å²) in [6, 6.07) is 6.08. The minimum atomic E-state index is -4.36. The topological polar surface area (TPSA) is 46.9 Å². The first kappa shape index (κ1) is 15.1. The lowest BCUT2D eigenvalue weighted by atomic mass is 10.1. The molecular formula is C14H14F3N3O. The summed E-state index contributed by atoms with van der Waals surface area (Å²) in [6.07, 6.45) is -2.85. The average Bonchev–Trinajstić information content (AvgIpc) is 2.42. The number of alkyl halides is 3. The number of rotatable bonds is 4. The van der Waals surface area contributed by atoms with E-state index in [2.05, 4.69) is 10.4 Å². The van der Waals surface area contributed by atoms with Crippen molar-refractivity contribution in [2.24, 2.45) is 0 Å². The monoisotopic (exact) mass is 297 g/mol. The quantitative estimate of drug-likeness (QED) is 0.944. The molecule has 0 atom stereocenters. The van der Waals surface area contributed by atoms with Gasteiger partial charge in [0.1, 0.15) is 0 Å². The van der Waals surface area contributed by atoms with E-state index >= 15 is 0 Å². The van der Waals surface area contributed by atoms with E-state index in [1.807, 2.05) is 6.92 Å². The molecule has 0 spiro atoms. The normalized spacial score (nSPS) is 11.4. The van der Waals surface area contributed by atoms with Gasteiger partial charge in [-0.2, -0.15) is 18.3 Å². The summed E-state index contributed by atoms with van der Waals surface area (Å²) < 4.78 is 38.6. The van der Waals surface area contributed by atoms with E-state index in [-0.39, 0.29) is 12.1 Å². The highest BCUT2D eigenvalue weighted by atomic mass is 19.4. The Morgan fingerprint density at radius 2 is 1.90 bits per heavy atom. The Kier molecular flexibility index (Phi) is 4.30. The average molecular weight is 297 g/mol. The van der Waals surface area contributed by atoms with Crippen LogP contribution in [0.1, 0.15) is 18.1 Å². The van der Waals surface area contributed by atoms with Gasteiger partial charge in [-0.3, -0.25) is 4.79 Å². The van der Waals surface area contributed by atoms with E-state index in [0.29, 0.717) is 17.8 Å². The summed E-state index contributed by atoms with van der Waals surface area (Å²) >= 11 is 0. The molecular weight excluding hydrogens is 283 g/mol. The highest BCUT2D eigenvalue weighted by molar-refractivity contribution is 5.38. The predicted octanol–water partition coefficient (Wildman–Crippen LogP) is 2.74. The van der Waals surface area contributed by atoms with Crippen molar-refractivity contribution >= 4 is 5.69 Å². The molecule has 0 radical (unpaired) electrons. The lowest BCUT2D eigenvalue weighted by Crippen LogP contribution is -2.23. The number of hydrogen-bond acceptors (Lipinski definition) is 3. The Morgan fingerprint density at radius 3 is 2.43 bits per heavy atom. The fourth-order valence-corrected chi connectivity index (χ4v) is 1.83. The van der Waals surface area contributed by atoms with Crippen molar-refractivity contribution < 1.29 is 13.2 Å². The zero-order valence-corrected chi connectivity index (χ0v) is 11.3. The van der Waals surface area contributed by atoms with Gasteiger partial charge in [0.25, 0.3) is 5.56 Å². The third-order valence-corrected chi connectivity index (χ3v) is 2.86. The maximum absolute atomic E-state index is 12.5. The molecule has 7 heteroatoms. The van der Waals surface area contributed by atoms with Gasteiger partial charge >= 0.3 is 6.18 Å². The summed E-state index contributed by atoms with van der Waals surface area (Å²) in [5.41, 5.74) is 0.169. The minimum absolute atomic E-state index is 0.128. The largest absolute Gasteiger partial charge is 0.416 e. The summed E-state index contributed by atoms with van der Waals surface area (Å²) in [7, 11) is 0. The Morgan fingerprint density at radius 1 is 1.24 bits per heavy atom. The van der Waals surface area contributed by atoms with E-state index in [4.69, 9.17) is 0 Å². The molecule has 0 aliphatic rings. The van der Waals surface area contributed by atoms with Gasteiger partial charge < -0.3 is 5.32 Å². The van der Waals surface area contributed by atoms with Crippen LogP contribution in [0.15, 0.2) is 41.3 Å². The van der Waals surface area contributed by atoms with Crippen LogP contribution in [0.3, 0.4) is 0 Å². The Hall–Kier alpha value is -2.31. The second kappa shape index (κ2) is 5.99. The van der Waals surface area contributed by atoms with Crippen LogP contribution in [0.5, 0.6) is 0 Å². The molecule has 21 heavy (non-hydrogen) atoms. The van der Waals surface area contributed by atoms with Crippen molar-refractivity contribution in [3.05, 3.63) is 58.0 Å². The van der Waals surface area contributed by atoms with Crippen molar-refractivity contribution in [3.63, 3.8) is 0 Å². The zero-order valence-electron chi connectivity index (χ0n) is 11.3. The van der Waals surface area contributed by atoms with Gasteiger partial charge in [-0.25, -0.2) is 4.68 Å². The zero-order chi connectivity index (χ0) is 15.5. The number of nitrogens with zero attached hydrogens (tertiary/aromatic N) is 2. The molecule has 2 rings (SSSR count). The number of aromatic nitrogens is 2. The van der Waals surface area contributed by atoms with Crippen LogP contribution in [-0.4, -0.2) is 16.3 Å². The Bertz CT molecular complexity index is 662. The molecule has 1 N–H and O–H groups in total. The standard InChI is InChI=1S/C14H14F3N3O/c1-2-18-12-7-13(21)20(19-8-12)9-10-3-5-11(6-4-10)14(15,16)17/h3-8,18H,2,9H2,1H3. The van der Waals surface area contributed by atoms with Crippen LogP contribution in [0.25, 0.3) is 0 Å². The maximum Gasteiger partial charge on any atom is 0.416 e. The number of benzene rings is 1.